The number of halogens is 1. The van der Waals surface area contributed by atoms with Gasteiger partial charge >= 0.3 is 0 Å². The average Bonchev–Trinajstić information content (AvgIpc) is 2.40. The summed E-state index contributed by atoms with van der Waals surface area (Å²) < 4.78 is 22.6. The molecule has 0 aromatic heterocycles. The van der Waals surface area contributed by atoms with Gasteiger partial charge in [-0.1, -0.05) is 29.8 Å². The Morgan fingerprint density at radius 1 is 1.50 bits per heavy atom. The van der Waals surface area contributed by atoms with Gasteiger partial charge in [0.2, 0.25) is 10.0 Å². The number of carbonyl (C=O) groups is 1. The van der Waals surface area contributed by atoms with Crippen molar-refractivity contribution in [3.05, 3.63) is 0 Å². The summed E-state index contributed by atoms with van der Waals surface area (Å²) in [6.45, 7) is 3.76. The van der Waals surface area contributed by atoms with Crippen molar-refractivity contribution >= 4 is 31.7 Å². The standard InChI is InChI=1S/C10H16BrNO3S/c1-9-4-3-6(7(11)8(9)13)10(9,2)5-16(12,14)15/h6-7H,3-5H2,1-2H3,(H2,12,14,15)/t6-,7-,9+,10+/m1/s1. The molecule has 0 aromatic rings. The predicted octanol–water partition coefficient (Wildman–Crippen LogP) is 1.04. The first-order chi connectivity index (χ1) is 7.12. The number of ketones is 1. The van der Waals surface area contributed by atoms with Crippen molar-refractivity contribution < 1.29 is 13.2 Å². The second-order valence-electron chi connectivity index (χ2n) is 5.47. The third-order valence-corrected chi connectivity index (χ3v) is 6.74. The lowest BCUT2D eigenvalue weighted by atomic mass is 9.70. The van der Waals surface area contributed by atoms with E-state index in [1.54, 1.807) is 0 Å². The number of Topliss-reactive ketones (excluding diaryl/α,β-unsaturated/α-hetero) is 1. The molecule has 2 fully saturated rings. The maximum atomic E-state index is 12.1. The monoisotopic (exact) mass is 309 g/mol. The van der Waals surface area contributed by atoms with Crippen molar-refractivity contribution in [2.45, 2.75) is 31.5 Å². The molecule has 2 rings (SSSR count). The quantitative estimate of drug-likeness (QED) is 0.774. The molecule has 2 N–H and O–H groups in total. The zero-order chi connectivity index (χ0) is 12.4. The molecule has 4 nitrogen and oxygen atoms in total. The van der Waals surface area contributed by atoms with Crippen molar-refractivity contribution in [1.82, 2.24) is 0 Å². The predicted molar refractivity (Wildman–Crippen MR) is 64.6 cm³/mol. The summed E-state index contributed by atoms with van der Waals surface area (Å²) in [5, 5.41) is 5.15. The van der Waals surface area contributed by atoms with Gasteiger partial charge in [0.25, 0.3) is 0 Å². The van der Waals surface area contributed by atoms with Crippen LogP contribution in [0.4, 0.5) is 0 Å². The number of rotatable bonds is 2. The zero-order valence-corrected chi connectivity index (χ0v) is 11.8. The van der Waals surface area contributed by atoms with Crippen LogP contribution in [-0.4, -0.2) is 24.8 Å². The molecule has 6 heteroatoms. The second-order valence-corrected chi connectivity index (χ2v) is 8.07. The number of primary sulfonamides is 1. The van der Waals surface area contributed by atoms with E-state index in [0.29, 0.717) is 0 Å². The van der Waals surface area contributed by atoms with Gasteiger partial charge in [0.1, 0.15) is 0 Å². The van der Waals surface area contributed by atoms with Crippen LogP contribution < -0.4 is 5.14 Å². The Bertz CT molecular complexity index is 449. The van der Waals surface area contributed by atoms with Crippen molar-refractivity contribution in [3.8, 4) is 0 Å². The maximum Gasteiger partial charge on any atom is 0.209 e. The van der Waals surface area contributed by atoms with Gasteiger partial charge < -0.3 is 0 Å². The van der Waals surface area contributed by atoms with Gasteiger partial charge in [-0.3, -0.25) is 4.79 Å². The van der Waals surface area contributed by atoms with Crippen LogP contribution in [0, 0.1) is 16.7 Å². The molecule has 4 atom stereocenters. The summed E-state index contributed by atoms with van der Waals surface area (Å²) >= 11 is 3.39. The summed E-state index contributed by atoms with van der Waals surface area (Å²) in [7, 11) is -3.55. The van der Waals surface area contributed by atoms with Crippen molar-refractivity contribution in [2.75, 3.05) is 5.75 Å². The fourth-order valence-corrected chi connectivity index (χ4v) is 6.22. The fourth-order valence-electron chi connectivity index (χ4n) is 3.50. The molecular formula is C10H16BrNO3S. The summed E-state index contributed by atoms with van der Waals surface area (Å²) in [5.74, 6) is 0.118. The normalized spacial score (nSPS) is 47.6. The Kier molecular flexibility index (Phi) is 2.58. The minimum Gasteiger partial charge on any atom is -0.298 e. The molecule has 2 aliphatic carbocycles. The molecular weight excluding hydrogens is 294 g/mol. The number of hydrogen-bond donors (Lipinski definition) is 1. The molecule has 2 bridgehead atoms. The lowest BCUT2D eigenvalue weighted by Gasteiger charge is -2.35. The van der Waals surface area contributed by atoms with Crippen LogP contribution in [0.3, 0.4) is 0 Å². The summed E-state index contributed by atoms with van der Waals surface area (Å²) in [6.07, 6.45) is 1.66. The van der Waals surface area contributed by atoms with Crippen LogP contribution in [0.1, 0.15) is 26.7 Å². The third-order valence-electron chi connectivity index (χ3n) is 4.68. The smallest absolute Gasteiger partial charge is 0.209 e. The lowest BCUT2D eigenvalue weighted by Crippen LogP contribution is -2.42. The van der Waals surface area contributed by atoms with E-state index in [9.17, 15) is 13.2 Å². The van der Waals surface area contributed by atoms with Crippen LogP contribution in [0.25, 0.3) is 0 Å². The number of nitrogens with two attached hydrogens (primary N) is 1. The number of sulfonamides is 1. The van der Waals surface area contributed by atoms with Gasteiger partial charge in [-0.25, -0.2) is 13.6 Å². The first kappa shape index (κ1) is 12.5. The number of alkyl halides is 1. The molecule has 0 aromatic carbocycles. The molecule has 0 saturated heterocycles. The fraction of sp³-hybridized carbons (Fsp3) is 0.900. The van der Waals surface area contributed by atoms with Gasteiger partial charge in [-0.2, -0.15) is 0 Å². The molecule has 0 amide bonds. The Morgan fingerprint density at radius 3 is 2.44 bits per heavy atom. The molecule has 0 spiro atoms. The van der Waals surface area contributed by atoms with Gasteiger partial charge in [-0.15, -0.1) is 0 Å². The Hall–Kier alpha value is 0.0600. The average molecular weight is 310 g/mol. The minimum atomic E-state index is -3.55. The molecule has 16 heavy (non-hydrogen) atoms. The van der Waals surface area contributed by atoms with E-state index in [-0.39, 0.29) is 22.3 Å². The van der Waals surface area contributed by atoms with Crippen molar-refractivity contribution in [1.29, 1.82) is 0 Å². The van der Waals surface area contributed by atoms with Gasteiger partial charge in [0.05, 0.1) is 10.6 Å². The van der Waals surface area contributed by atoms with Gasteiger partial charge in [0.15, 0.2) is 5.78 Å². The SMILES string of the molecule is C[C@]12CC[C@H]([C@@H](Br)C1=O)[C@]2(C)CS(N)(=O)=O. The third kappa shape index (κ3) is 1.42. The van der Waals surface area contributed by atoms with Crippen LogP contribution >= 0.6 is 15.9 Å². The van der Waals surface area contributed by atoms with Crippen LogP contribution in [0.15, 0.2) is 0 Å². The summed E-state index contributed by atoms with van der Waals surface area (Å²) in [4.78, 5) is 11.9. The van der Waals surface area contributed by atoms with Crippen LogP contribution in [0.2, 0.25) is 0 Å². The Balaban J connectivity index is 2.47. The molecule has 2 aliphatic rings. The van der Waals surface area contributed by atoms with Gasteiger partial charge in [-0.05, 0) is 24.2 Å². The Labute approximate surface area is 104 Å². The van der Waals surface area contributed by atoms with E-state index in [4.69, 9.17) is 5.14 Å². The van der Waals surface area contributed by atoms with Crippen LogP contribution in [0.5, 0.6) is 0 Å². The molecule has 0 heterocycles. The van der Waals surface area contributed by atoms with E-state index in [2.05, 4.69) is 15.9 Å². The number of hydrogen-bond acceptors (Lipinski definition) is 3. The Morgan fingerprint density at radius 2 is 2.06 bits per heavy atom. The maximum absolute atomic E-state index is 12.1. The van der Waals surface area contributed by atoms with E-state index in [1.807, 2.05) is 13.8 Å². The summed E-state index contributed by atoms with van der Waals surface area (Å²) in [6, 6.07) is 0. The highest BCUT2D eigenvalue weighted by molar-refractivity contribution is 9.10. The number of fused-ring (bicyclic) bond motifs is 2. The summed E-state index contributed by atoms with van der Waals surface area (Å²) in [5.41, 5.74) is -1.07. The molecule has 0 aliphatic heterocycles. The van der Waals surface area contributed by atoms with Crippen molar-refractivity contribution in [2.24, 2.45) is 21.9 Å². The van der Waals surface area contributed by atoms with Gasteiger partial charge in [0, 0.05) is 5.41 Å². The highest BCUT2D eigenvalue weighted by atomic mass is 79.9. The first-order valence-electron chi connectivity index (χ1n) is 5.31. The molecule has 2 saturated carbocycles. The van der Waals surface area contributed by atoms with E-state index >= 15 is 0 Å². The zero-order valence-electron chi connectivity index (χ0n) is 9.36. The van der Waals surface area contributed by atoms with E-state index in [1.165, 1.54) is 0 Å². The second kappa shape index (κ2) is 3.29. The highest BCUT2D eigenvalue weighted by Crippen LogP contribution is 2.65. The topological polar surface area (TPSA) is 77.2 Å². The largest absolute Gasteiger partial charge is 0.298 e. The first-order valence-corrected chi connectivity index (χ1v) is 7.94. The molecule has 92 valence electrons. The van der Waals surface area contributed by atoms with Crippen LogP contribution in [-0.2, 0) is 14.8 Å². The highest BCUT2D eigenvalue weighted by Gasteiger charge is 2.68. The lowest BCUT2D eigenvalue weighted by molar-refractivity contribution is -0.127. The van der Waals surface area contributed by atoms with E-state index < -0.39 is 20.9 Å². The molecule has 0 unspecified atom stereocenters. The van der Waals surface area contributed by atoms with Crippen molar-refractivity contribution in [3.63, 3.8) is 0 Å². The minimum absolute atomic E-state index is 0.0864. The van der Waals surface area contributed by atoms with E-state index in [0.717, 1.165) is 12.8 Å². The number of carbonyl (C=O) groups excluding carboxylic acids is 1. The molecule has 0 radical (unpaired) electrons.